The minimum atomic E-state index is -0.0624. The zero-order valence-corrected chi connectivity index (χ0v) is 11.5. The quantitative estimate of drug-likeness (QED) is 0.679. The van der Waals surface area contributed by atoms with Gasteiger partial charge in [-0.3, -0.25) is 4.79 Å². The molecule has 0 spiro atoms. The van der Waals surface area contributed by atoms with E-state index in [0.717, 1.165) is 16.5 Å². The molecule has 4 rings (SSSR count). The van der Waals surface area contributed by atoms with E-state index in [0.29, 0.717) is 17.1 Å². The first-order chi connectivity index (χ1) is 10.2. The number of H-pyrrole nitrogens is 1. The third-order valence-electron chi connectivity index (χ3n) is 3.82. The largest absolute Gasteiger partial charge is 0.452 e. The number of para-hydroxylation sites is 2. The van der Waals surface area contributed by atoms with Crippen LogP contribution in [0.15, 0.2) is 54.4 Å². The maximum atomic E-state index is 12.3. The predicted octanol–water partition coefficient (Wildman–Crippen LogP) is 4.09. The number of fused-ring (bicyclic) bond motifs is 2. The Balaban J connectivity index is 1.82. The van der Waals surface area contributed by atoms with Crippen LogP contribution in [0.1, 0.15) is 21.5 Å². The number of ketones is 1. The summed E-state index contributed by atoms with van der Waals surface area (Å²) in [6.45, 7) is 2.06. The molecule has 102 valence electrons. The van der Waals surface area contributed by atoms with E-state index in [1.807, 2.05) is 36.5 Å². The molecule has 1 N–H and O–H groups in total. The van der Waals surface area contributed by atoms with E-state index in [9.17, 15) is 4.79 Å². The van der Waals surface area contributed by atoms with Crippen molar-refractivity contribution >= 4 is 22.8 Å². The molecular formula is C18H13NO2. The lowest BCUT2D eigenvalue weighted by Crippen LogP contribution is -1.97. The molecule has 0 saturated heterocycles. The Morgan fingerprint density at radius 1 is 1.10 bits per heavy atom. The predicted molar refractivity (Wildman–Crippen MR) is 82.4 cm³/mol. The lowest BCUT2D eigenvalue weighted by Gasteiger charge is -1.98. The Morgan fingerprint density at radius 3 is 2.81 bits per heavy atom. The second-order valence-corrected chi connectivity index (χ2v) is 5.18. The number of aromatic nitrogens is 1. The Bertz CT molecular complexity index is 902. The van der Waals surface area contributed by atoms with Gasteiger partial charge in [-0.25, -0.2) is 0 Å². The first kappa shape index (κ1) is 12.0. The molecule has 3 heteroatoms. The zero-order valence-electron chi connectivity index (χ0n) is 11.5. The van der Waals surface area contributed by atoms with Crippen LogP contribution in [-0.2, 0) is 0 Å². The molecule has 0 fully saturated rings. The van der Waals surface area contributed by atoms with Gasteiger partial charge in [0.05, 0.1) is 5.56 Å². The van der Waals surface area contributed by atoms with Crippen LogP contribution in [-0.4, -0.2) is 10.8 Å². The van der Waals surface area contributed by atoms with Crippen LogP contribution in [0.4, 0.5) is 0 Å². The number of Topliss-reactive ketones (excluding diaryl/α,β-unsaturated/α-hetero) is 1. The Morgan fingerprint density at radius 2 is 1.95 bits per heavy atom. The van der Waals surface area contributed by atoms with Gasteiger partial charge in [0, 0.05) is 22.7 Å². The molecule has 3 nitrogen and oxygen atoms in total. The van der Waals surface area contributed by atoms with Gasteiger partial charge in [-0.1, -0.05) is 30.3 Å². The van der Waals surface area contributed by atoms with Crippen LogP contribution in [0.5, 0.6) is 5.75 Å². The molecule has 1 aliphatic heterocycles. The summed E-state index contributed by atoms with van der Waals surface area (Å²) in [5, 5.41) is 1.09. The number of nitrogens with one attached hydrogen (secondary N) is 1. The summed E-state index contributed by atoms with van der Waals surface area (Å²) in [6.07, 6.45) is 3.71. The van der Waals surface area contributed by atoms with E-state index >= 15 is 0 Å². The van der Waals surface area contributed by atoms with Gasteiger partial charge in [-0.15, -0.1) is 0 Å². The second kappa shape index (κ2) is 4.35. The lowest BCUT2D eigenvalue weighted by atomic mass is 10.1. The summed E-state index contributed by atoms with van der Waals surface area (Å²) in [5.41, 5.74) is 3.86. The highest BCUT2D eigenvalue weighted by molar-refractivity contribution is 6.15. The van der Waals surface area contributed by atoms with Gasteiger partial charge in [0.1, 0.15) is 5.75 Å². The minimum Gasteiger partial charge on any atom is -0.452 e. The standard InChI is InChI=1S/C18H13NO2/c1-11-5-4-7-13-12(10-19-17(11)13)9-16-18(20)14-6-2-3-8-15(14)21-16/h2-10,19H,1H3. The van der Waals surface area contributed by atoms with Gasteiger partial charge in [0.25, 0.3) is 0 Å². The number of benzene rings is 2. The molecule has 0 unspecified atom stereocenters. The highest BCUT2D eigenvalue weighted by Gasteiger charge is 2.26. The Hall–Kier alpha value is -2.81. The van der Waals surface area contributed by atoms with Crippen molar-refractivity contribution in [2.75, 3.05) is 0 Å². The average molecular weight is 275 g/mol. The number of ether oxygens (including phenoxy) is 1. The van der Waals surface area contributed by atoms with Crippen LogP contribution < -0.4 is 4.74 Å². The second-order valence-electron chi connectivity index (χ2n) is 5.18. The number of allylic oxidation sites excluding steroid dienone is 1. The highest BCUT2D eigenvalue weighted by atomic mass is 16.5. The first-order valence-electron chi connectivity index (χ1n) is 6.84. The SMILES string of the molecule is Cc1cccc2c(C=C3Oc4ccccc4C3=O)c[nH]c12. The monoisotopic (exact) mass is 275 g/mol. The van der Waals surface area contributed by atoms with Gasteiger partial charge >= 0.3 is 0 Å². The molecule has 0 amide bonds. The average Bonchev–Trinajstić information content (AvgIpc) is 3.04. The molecule has 0 radical (unpaired) electrons. The number of hydrogen-bond acceptors (Lipinski definition) is 2. The molecule has 0 atom stereocenters. The Kier molecular flexibility index (Phi) is 2.48. The van der Waals surface area contributed by atoms with Gasteiger partial charge in [-0.05, 0) is 30.7 Å². The molecule has 1 aliphatic rings. The third-order valence-corrected chi connectivity index (χ3v) is 3.82. The van der Waals surface area contributed by atoms with E-state index in [-0.39, 0.29) is 5.78 Å². The number of rotatable bonds is 1. The number of carbonyl (C=O) groups excluding carboxylic acids is 1. The summed E-state index contributed by atoms with van der Waals surface area (Å²) < 4.78 is 5.67. The van der Waals surface area contributed by atoms with Crippen molar-refractivity contribution in [3.63, 3.8) is 0 Å². The summed E-state index contributed by atoms with van der Waals surface area (Å²) in [6, 6.07) is 13.4. The molecule has 1 aromatic heterocycles. The fraction of sp³-hybridized carbons (Fsp3) is 0.0556. The van der Waals surface area contributed by atoms with E-state index in [1.165, 1.54) is 5.56 Å². The number of aromatic amines is 1. The van der Waals surface area contributed by atoms with Crippen molar-refractivity contribution < 1.29 is 9.53 Å². The fourth-order valence-electron chi connectivity index (χ4n) is 2.72. The Labute approximate surface area is 121 Å². The van der Waals surface area contributed by atoms with Crippen LogP contribution in [0.25, 0.3) is 17.0 Å². The van der Waals surface area contributed by atoms with Gasteiger partial charge in [-0.2, -0.15) is 0 Å². The van der Waals surface area contributed by atoms with Crippen molar-refractivity contribution in [1.29, 1.82) is 0 Å². The van der Waals surface area contributed by atoms with Gasteiger partial charge in [0.15, 0.2) is 5.76 Å². The van der Waals surface area contributed by atoms with Crippen molar-refractivity contribution in [3.8, 4) is 5.75 Å². The summed E-state index contributed by atoms with van der Waals surface area (Å²) in [4.78, 5) is 15.6. The molecule has 0 bridgehead atoms. The van der Waals surface area contributed by atoms with Crippen LogP contribution in [0.3, 0.4) is 0 Å². The van der Waals surface area contributed by atoms with Gasteiger partial charge in [0.2, 0.25) is 5.78 Å². The van der Waals surface area contributed by atoms with Crippen molar-refractivity contribution in [3.05, 3.63) is 71.1 Å². The molecule has 3 aromatic rings. The van der Waals surface area contributed by atoms with E-state index < -0.39 is 0 Å². The lowest BCUT2D eigenvalue weighted by molar-refractivity contribution is 0.101. The van der Waals surface area contributed by atoms with Crippen molar-refractivity contribution in [2.24, 2.45) is 0 Å². The molecule has 2 heterocycles. The fourth-order valence-corrected chi connectivity index (χ4v) is 2.72. The maximum Gasteiger partial charge on any atom is 0.231 e. The van der Waals surface area contributed by atoms with Crippen molar-refractivity contribution in [1.82, 2.24) is 4.98 Å². The number of aryl methyl sites for hydroxylation is 1. The molecular weight excluding hydrogens is 262 g/mol. The van der Waals surface area contributed by atoms with Crippen LogP contribution in [0.2, 0.25) is 0 Å². The molecule has 2 aromatic carbocycles. The summed E-state index contributed by atoms with van der Waals surface area (Å²) in [5.74, 6) is 0.941. The third kappa shape index (κ3) is 1.78. The van der Waals surface area contributed by atoms with Gasteiger partial charge < -0.3 is 9.72 Å². The molecule has 0 aliphatic carbocycles. The van der Waals surface area contributed by atoms with E-state index in [2.05, 4.69) is 18.0 Å². The smallest absolute Gasteiger partial charge is 0.231 e. The van der Waals surface area contributed by atoms with E-state index in [1.54, 1.807) is 12.1 Å². The van der Waals surface area contributed by atoms with Crippen LogP contribution >= 0.6 is 0 Å². The number of carbonyl (C=O) groups is 1. The minimum absolute atomic E-state index is 0.0624. The normalized spacial score (nSPS) is 15.5. The summed E-state index contributed by atoms with van der Waals surface area (Å²) >= 11 is 0. The summed E-state index contributed by atoms with van der Waals surface area (Å²) in [7, 11) is 0. The van der Waals surface area contributed by atoms with Crippen LogP contribution in [0, 0.1) is 6.92 Å². The maximum absolute atomic E-state index is 12.3. The molecule has 21 heavy (non-hydrogen) atoms. The topological polar surface area (TPSA) is 42.1 Å². The highest BCUT2D eigenvalue weighted by Crippen LogP contribution is 2.32. The first-order valence-corrected chi connectivity index (χ1v) is 6.84. The van der Waals surface area contributed by atoms with E-state index in [4.69, 9.17) is 4.74 Å². The molecule has 0 saturated carbocycles. The number of hydrogen-bond donors (Lipinski definition) is 1. The van der Waals surface area contributed by atoms with Crippen molar-refractivity contribution in [2.45, 2.75) is 6.92 Å². The zero-order chi connectivity index (χ0) is 14.4.